The van der Waals surface area contributed by atoms with E-state index in [4.69, 9.17) is 18.6 Å². The van der Waals surface area contributed by atoms with Gasteiger partial charge in [0.2, 0.25) is 5.43 Å². The van der Waals surface area contributed by atoms with Crippen LogP contribution in [-0.2, 0) is 12.8 Å². The molecule has 0 radical (unpaired) electrons. The average molecular weight is 455 g/mol. The number of phenols is 1. The molecule has 0 spiro atoms. The van der Waals surface area contributed by atoms with Gasteiger partial charge in [0.15, 0.2) is 11.5 Å². The summed E-state index contributed by atoms with van der Waals surface area (Å²) >= 11 is 0. The molecule has 0 unspecified atom stereocenters. The molecule has 1 aromatic heterocycles. The van der Waals surface area contributed by atoms with E-state index in [2.05, 4.69) is 6.58 Å². The number of ether oxygens (including phenoxy) is 3. The lowest BCUT2D eigenvalue weighted by molar-refractivity contribution is 0.209. The molecule has 3 rings (SSSR count). The van der Waals surface area contributed by atoms with Crippen LogP contribution in [0.3, 0.4) is 0 Å². The van der Waals surface area contributed by atoms with Crippen LogP contribution < -0.4 is 19.6 Å². The molecule has 0 fully saturated rings. The molecule has 33 heavy (non-hydrogen) atoms. The van der Waals surface area contributed by atoms with Crippen LogP contribution in [0.25, 0.3) is 21.9 Å². The fourth-order valence-corrected chi connectivity index (χ4v) is 3.83. The first-order chi connectivity index (χ1) is 15.6. The molecule has 0 aliphatic heterocycles. The Morgan fingerprint density at radius 1 is 1.03 bits per heavy atom. The van der Waals surface area contributed by atoms with Crippen molar-refractivity contribution in [2.45, 2.75) is 39.7 Å². The number of aromatic hydroxyl groups is 1. The van der Waals surface area contributed by atoms with Crippen molar-refractivity contribution in [3.8, 4) is 23.0 Å². The molecule has 176 valence electrons. The molecular formula is C26H30O7. The molecular weight excluding hydrogens is 424 g/mol. The first-order valence-electron chi connectivity index (χ1n) is 10.5. The van der Waals surface area contributed by atoms with E-state index in [9.17, 15) is 15.0 Å². The van der Waals surface area contributed by atoms with E-state index >= 15 is 0 Å². The van der Waals surface area contributed by atoms with Crippen molar-refractivity contribution in [3.63, 3.8) is 0 Å². The Hall–Kier alpha value is -3.45. The van der Waals surface area contributed by atoms with Gasteiger partial charge in [0.1, 0.15) is 28.1 Å². The molecule has 0 aliphatic rings. The lowest BCUT2D eigenvalue weighted by Gasteiger charge is -2.18. The van der Waals surface area contributed by atoms with E-state index < -0.39 is 11.5 Å². The number of aliphatic hydroxyl groups excluding tert-OH is 1. The lowest BCUT2D eigenvalue weighted by atomic mass is 9.97. The van der Waals surface area contributed by atoms with Gasteiger partial charge in [-0.05, 0) is 27.2 Å². The van der Waals surface area contributed by atoms with Crippen LogP contribution in [0.15, 0.2) is 45.1 Å². The summed E-state index contributed by atoms with van der Waals surface area (Å²) in [5, 5.41) is 21.8. The third-order valence-corrected chi connectivity index (χ3v) is 5.64. The Morgan fingerprint density at radius 3 is 2.18 bits per heavy atom. The third-order valence-electron chi connectivity index (χ3n) is 5.64. The lowest BCUT2D eigenvalue weighted by Crippen LogP contribution is -2.14. The van der Waals surface area contributed by atoms with Crippen LogP contribution in [0.2, 0.25) is 0 Å². The van der Waals surface area contributed by atoms with Crippen LogP contribution in [0.5, 0.6) is 23.0 Å². The van der Waals surface area contributed by atoms with Crippen molar-refractivity contribution in [3.05, 3.63) is 57.3 Å². The van der Waals surface area contributed by atoms with Gasteiger partial charge in [-0.3, -0.25) is 4.79 Å². The number of rotatable bonds is 8. The minimum Gasteiger partial charge on any atom is -0.507 e. The molecule has 1 heterocycles. The molecule has 0 bridgehead atoms. The predicted octanol–water partition coefficient (Wildman–Crippen LogP) is 4.67. The minimum absolute atomic E-state index is 0.0119. The molecule has 3 aromatic rings. The monoisotopic (exact) mass is 454 g/mol. The van der Waals surface area contributed by atoms with E-state index in [1.165, 1.54) is 21.3 Å². The Bertz CT molecular complexity index is 1310. The molecule has 7 heteroatoms. The van der Waals surface area contributed by atoms with E-state index in [0.29, 0.717) is 51.3 Å². The second-order valence-electron chi connectivity index (χ2n) is 8.23. The molecule has 2 N–H and O–H groups in total. The molecule has 0 amide bonds. The zero-order valence-electron chi connectivity index (χ0n) is 19.9. The highest BCUT2D eigenvalue weighted by atomic mass is 16.5. The van der Waals surface area contributed by atoms with Gasteiger partial charge in [0.25, 0.3) is 0 Å². The Labute approximate surface area is 192 Å². The SMILES string of the molecule is C=C(C)[C@H](O)Cc1c(OC)cc2oc3cc(OC)c(OC)c(CC=C(C)C)c3c(=O)c2c1O. The van der Waals surface area contributed by atoms with Crippen molar-refractivity contribution >= 4 is 21.9 Å². The molecule has 0 saturated carbocycles. The maximum Gasteiger partial charge on any atom is 0.204 e. The van der Waals surface area contributed by atoms with Crippen LogP contribution in [0, 0.1) is 0 Å². The van der Waals surface area contributed by atoms with Crippen molar-refractivity contribution in [2.75, 3.05) is 21.3 Å². The van der Waals surface area contributed by atoms with Gasteiger partial charge in [-0.1, -0.05) is 23.8 Å². The number of benzene rings is 2. The van der Waals surface area contributed by atoms with Crippen LogP contribution >= 0.6 is 0 Å². The van der Waals surface area contributed by atoms with Gasteiger partial charge in [0.05, 0.1) is 32.8 Å². The standard InChI is InChI=1S/C26H30O7/c1-13(2)8-9-15-22-19(12-21(31-6)26(15)32-7)33-20-11-18(30-5)16(10-17(27)14(3)4)24(28)23(20)25(22)29/h8,11-12,17,27-28H,3,9-10H2,1-2,4-7H3/t17-/m1/s1. The van der Waals surface area contributed by atoms with Crippen LogP contribution in [0.1, 0.15) is 31.9 Å². The Balaban J connectivity index is 2.46. The highest BCUT2D eigenvalue weighted by molar-refractivity contribution is 5.97. The van der Waals surface area contributed by atoms with E-state index in [0.717, 1.165) is 5.57 Å². The maximum absolute atomic E-state index is 13.8. The molecule has 2 aromatic carbocycles. The molecule has 1 atom stereocenters. The van der Waals surface area contributed by atoms with E-state index in [-0.39, 0.29) is 23.1 Å². The molecule has 0 aliphatic carbocycles. The first-order valence-corrected chi connectivity index (χ1v) is 10.5. The number of hydrogen-bond donors (Lipinski definition) is 2. The zero-order valence-corrected chi connectivity index (χ0v) is 19.9. The van der Waals surface area contributed by atoms with Gasteiger partial charge < -0.3 is 28.8 Å². The smallest absolute Gasteiger partial charge is 0.204 e. The third kappa shape index (κ3) is 4.41. The summed E-state index contributed by atoms with van der Waals surface area (Å²) in [5.74, 6) is 0.874. The van der Waals surface area contributed by atoms with Crippen molar-refractivity contribution in [2.24, 2.45) is 0 Å². The van der Waals surface area contributed by atoms with Gasteiger partial charge in [-0.25, -0.2) is 0 Å². The van der Waals surface area contributed by atoms with Crippen LogP contribution in [0.4, 0.5) is 0 Å². The topological polar surface area (TPSA) is 98.4 Å². The number of methoxy groups -OCH3 is 3. The number of allylic oxidation sites excluding steroid dienone is 2. The fraction of sp³-hybridized carbons (Fsp3) is 0.346. The summed E-state index contributed by atoms with van der Waals surface area (Å²) in [6.07, 6.45) is 1.51. The average Bonchev–Trinajstić information content (AvgIpc) is 2.77. The summed E-state index contributed by atoms with van der Waals surface area (Å²) in [4.78, 5) is 13.8. The second kappa shape index (κ2) is 9.58. The van der Waals surface area contributed by atoms with Crippen LogP contribution in [-0.4, -0.2) is 37.6 Å². The van der Waals surface area contributed by atoms with E-state index in [1.807, 2.05) is 19.9 Å². The predicted molar refractivity (Wildman–Crippen MR) is 129 cm³/mol. The summed E-state index contributed by atoms with van der Waals surface area (Å²) in [6, 6.07) is 3.14. The highest BCUT2D eigenvalue weighted by Crippen LogP contribution is 2.41. The summed E-state index contributed by atoms with van der Waals surface area (Å²) < 4.78 is 22.6. The highest BCUT2D eigenvalue weighted by Gasteiger charge is 2.25. The van der Waals surface area contributed by atoms with Gasteiger partial charge in [-0.2, -0.15) is 0 Å². The van der Waals surface area contributed by atoms with Crippen molar-refractivity contribution in [1.29, 1.82) is 0 Å². The van der Waals surface area contributed by atoms with E-state index in [1.54, 1.807) is 19.1 Å². The summed E-state index contributed by atoms with van der Waals surface area (Å²) in [7, 11) is 4.47. The number of fused-ring (bicyclic) bond motifs is 2. The first kappa shape index (κ1) is 24.2. The van der Waals surface area contributed by atoms with Crippen molar-refractivity contribution in [1.82, 2.24) is 0 Å². The quantitative estimate of drug-likeness (QED) is 0.377. The summed E-state index contributed by atoms with van der Waals surface area (Å²) in [6.45, 7) is 9.37. The largest absolute Gasteiger partial charge is 0.507 e. The number of phenolic OH excluding ortho intramolecular Hbond substituents is 1. The van der Waals surface area contributed by atoms with Gasteiger partial charge >= 0.3 is 0 Å². The minimum atomic E-state index is -0.910. The number of aliphatic hydroxyl groups is 1. The Kier molecular flexibility index (Phi) is 7.03. The normalized spacial score (nSPS) is 12.0. The Morgan fingerprint density at radius 2 is 1.64 bits per heavy atom. The number of hydrogen-bond acceptors (Lipinski definition) is 7. The molecule has 0 saturated heterocycles. The second-order valence-corrected chi connectivity index (χ2v) is 8.23. The molecule has 7 nitrogen and oxygen atoms in total. The fourth-order valence-electron chi connectivity index (χ4n) is 3.83. The van der Waals surface area contributed by atoms with Gasteiger partial charge in [-0.15, -0.1) is 0 Å². The summed E-state index contributed by atoms with van der Waals surface area (Å²) in [5.41, 5.74) is 2.57. The van der Waals surface area contributed by atoms with Crippen molar-refractivity contribution < 1.29 is 28.8 Å². The zero-order chi connectivity index (χ0) is 24.4. The van der Waals surface area contributed by atoms with Gasteiger partial charge in [0, 0.05) is 29.7 Å². The maximum atomic E-state index is 13.8.